The summed E-state index contributed by atoms with van der Waals surface area (Å²) >= 11 is 0. The van der Waals surface area contributed by atoms with Crippen LogP contribution in [-0.2, 0) is 0 Å². The molecule has 1 amide bonds. The molecule has 0 saturated carbocycles. The Hall–Kier alpha value is -2.65. The van der Waals surface area contributed by atoms with E-state index in [-0.39, 0.29) is 23.6 Å². The lowest BCUT2D eigenvalue weighted by Gasteiger charge is -2.04. The first kappa shape index (κ1) is 13.8. The third-order valence-electron chi connectivity index (χ3n) is 2.39. The Morgan fingerprint density at radius 1 is 1.50 bits per heavy atom. The number of carbonyl (C=O) groups excluding carboxylic acids is 1. The Bertz CT molecular complexity index is 698. The number of aliphatic hydroxyl groups excluding tert-OH is 1. The van der Waals surface area contributed by atoms with Gasteiger partial charge in [-0.15, -0.1) is 0 Å². The minimum Gasteiger partial charge on any atom is -0.384 e. The van der Waals surface area contributed by atoms with E-state index in [2.05, 4.69) is 22.3 Å². The van der Waals surface area contributed by atoms with Gasteiger partial charge in [-0.1, -0.05) is 17.0 Å². The summed E-state index contributed by atoms with van der Waals surface area (Å²) in [6.45, 7) is 1.34. The predicted molar refractivity (Wildman–Crippen MR) is 69.6 cm³/mol. The third kappa shape index (κ3) is 3.22. The fourth-order valence-corrected chi connectivity index (χ4v) is 1.55. The lowest BCUT2D eigenvalue weighted by atomic mass is 10.1. The minimum atomic E-state index is -0.515. The molecule has 1 heterocycles. The summed E-state index contributed by atoms with van der Waals surface area (Å²) in [5.74, 6) is 4.09. The maximum absolute atomic E-state index is 13.2. The Labute approximate surface area is 114 Å². The summed E-state index contributed by atoms with van der Waals surface area (Å²) in [7, 11) is 0. The molecule has 1 aromatic carbocycles. The molecule has 2 N–H and O–H groups in total. The monoisotopic (exact) mass is 274 g/mol. The number of nitrogens with zero attached hydrogens (tertiary/aromatic N) is 1. The number of carbonyl (C=O) groups is 1. The molecule has 0 aliphatic rings. The highest BCUT2D eigenvalue weighted by Crippen LogP contribution is 2.14. The average Bonchev–Trinajstić information content (AvgIpc) is 2.81. The van der Waals surface area contributed by atoms with Crippen molar-refractivity contribution in [1.82, 2.24) is 5.16 Å². The molecular weight excluding hydrogens is 263 g/mol. The van der Waals surface area contributed by atoms with Gasteiger partial charge < -0.3 is 9.63 Å². The van der Waals surface area contributed by atoms with Crippen LogP contribution in [0.3, 0.4) is 0 Å². The molecule has 0 spiro atoms. The van der Waals surface area contributed by atoms with E-state index >= 15 is 0 Å². The number of rotatable bonds is 2. The van der Waals surface area contributed by atoms with Crippen molar-refractivity contribution in [2.75, 3.05) is 11.9 Å². The van der Waals surface area contributed by atoms with Gasteiger partial charge in [0.1, 0.15) is 12.4 Å². The van der Waals surface area contributed by atoms with Crippen molar-refractivity contribution in [3.8, 4) is 11.8 Å². The number of aliphatic hydroxyl groups is 1. The van der Waals surface area contributed by atoms with Gasteiger partial charge >= 0.3 is 0 Å². The molecule has 20 heavy (non-hydrogen) atoms. The third-order valence-corrected chi connectivity index (χ3v) is 2.39. The van der Waals surface area contributed by atoms with Crippen LogP contribution in [0.2, 0.25) is 0 Å². The molecule has 2 aromatic rings. The van der Waals surface area contributed by atoms with Crippen LogP contribution in [-0.4, -0.2) is 22.8 Å². The molecule has 102 valence electrons. The van der Waals surface area contributed by atoms with Gasteiger partial charge in [-0.05, 0) is 25.1 Å². The molecule has 0 atom stereocenters. The van der Waals surface area contributed by atoms with E-state index in [1.807, 2.05) is 0 Å². The predicted octanol–water partition coefficient (Wildman–Crippen LogP) is 1.72. The maximum Gasteiger partial charge on any atom is 0.259 e. The van der Waals surface area contributed by atoms with Crippen molar-refractivity contribution in [2.45, 2.75) is 6.92 Å². The molecule has 0 aliphatic heterocycles. The second kappa shape index (κ2) is 5.99. The largest absolute Gasteiger partial charge is 0.384 e. The standard InChI is InChI=1S/C14H11FN2O3/c1-9-7-13(20-17-9)16-14(19)12-5-4-11(15)8-10(12)3-2-6-18/h4-5,7-8,18H,6H2,1H3,(H,16,19). The van der Waals surface area contributed by atoms with Gasteiger partial charge in [0.25, 0.3) is 5.91 Å². The number of nitrogens with one attached hydrogen (secondary N) is 1. The zero-order chi connectivity index (χ0) is 14.5. The van der Waals surface area contributed by atoms with Crippen molar-refractivity contribution >= 4 is 11.8 Å². The van der Waals surface area contributed by atoms with Gasteiger partial charge in [0.15, 0.2) is 0 Å². The van der Waals surface area contributed by atoms with Crippen molar-refractivity contribution < 1.29 is 18.8 Å². The summed E-state index contributed by atoms with van der Waals surface area (Å²) in [4.78, 5) is 12.1. The molecule has 0 unspecified atom stereocenters. The minimum absolute atomic E-state index is 0.182. The maximum atomic E-state index is 13.2. The van der Waals surface area contributed by atoms with Crippen LogP contribution in [0.1, 0.15) is 21.6 Å². The zero-order valence-corrected chi connectivity index (χ0v) is 10.6. The SMILES string of the molecule is Cc1cc(NC(=O)c2ccc(F)cc2C#CCO)on1. The lowest BCUT2D eigenvalue weighted by Crippen LogP contribution is -2.13. The topological polar surface area (TPSA) is 75.4 Å². The van der Waals surface area contributed by atoms with Crippen LogP contribution in [0.4, 0.5) is 10.3 Å². The van der Waals surface area contributed by atoms with Gasteiger partial charge in [-0.2, -0.15) is 0 Å². The number of anilines is 1. The number of halogens is 1. The number of benzene rings is 1. The smallest absolute Gasteiger partial charge is 0.259 e. The summed E-state index contributed by atoms with van der Waals surface area (Å²) in [6, 6.07) is 5.16. The first-order valence-corrected chi connectivity index (χ1v) is 5.74. The van der Waals surface area contributed by atoms with Crippen molar-refractivity contribution in [2.24, 2.45) is 0 Å². The normalized spacial score (nSPS) is 9.75. The van der Waals surface area contributed by atoms with Crippen LogP contribution >= 0.6 is 0 Å². The molecule has 0 radical (unpaired) electrons. The molecule has 2 rings (SSSR count). The fourth-order valence-electron chi connectivity index (χ4n) is 1.55. The quantitative estimate of drug-likeness (QED) is 0.818. The van der Waals surface area contributed by atoms with E-state index in [9.17, 15) is 9.18 Å². The number of amides is 1. The van der Waals surface area contributed by atoms with Gasteiger partial charge in [0.05, 0.1) is 11.3 Å². The molecule has 5 nitrogen and oxygen atoms in total. The molecule has 0 bridgehead atoms. The van der Waals surface area contributed by atoms with Crippen molar-refractivity contribution in [3.63, 3.8) is 0 Å². The van der Waals surface area contributed by atoms with Crippen LogP contribution in [0.25, 0.3) is 0 Å². The summed E-state index contributed by atoms with van der Waals surface area (Å²) in [5.41, 5.74) is 0.994. The van der Waals surface area contributed by atoms with Crippen LogP contribution in [0.5, 0.6) is 0 Å². The van der Waals surface area contributed by atoms with Crippen molar-refractivity contribution in [3.05, 3.63) is 46.9 Å². The second-order valence-corrected chi connectivity index (χ2v) is 3.94. The van der Waals surface area contributed by atoms with E-state index in [0.717, 1.165) is 12.1 Å². The number of hydrogen-bond donors (Lipinski definition) is 2. The van der Waals surface area contributed by atoms with Crippen molar-refractivity contribution in [1.29, 1.82) is 0 Å². The number of aryl methyl sites for hydroxylation is 1. The Balaban J connectivity index is 2.29. The van der Waals surface area contributed by atoms with E-state index < -0.39 is 11.7 Å². The van der Waals surface area contributed by atoms with Gasteiger partial charge in [0.2, 0.25) is 5.88 Å². The Kier molecular flexibility index (Phi) is 4.13. The molecule has 0 aliphatic carbocycles. The Morgan fingerprint density at radius 2 is 2.30 bits per heavy atom. The molecule has 6 heteroatoms. The molecule has 1 aromatic heterocycles. The molecular formula is C14H11FN2O3. The lowest BCUT2D eigenvalue weighted by molar-refractivity contribution is 0.102. The van der Waals surface area contributed by atoms with E-state index in [0.29, 0.717) is 5.69 Å². The number of aromatic nitrogens is 1. The zero-order valence-electron chi connectivity index (χ0n) is 10.6. The van der Waals surface area contributed by atoms with Crippen LogP contribution in [0, 0.1) is 24.6 Å². The number of hydrogen-bond acceptors (Lipinski definition) is 4. The average molecular weight is 274 g/mol. The van der Waals surface area contributed by atoms with Gasteiger partial charge in [-0.25, -0.2) is 4.39 Å². The summed E-state index contributed by atoms with van der Waals surface area (Å²) in [6.07, 6.45) is 0. The van der Waals surface area contributed by atoms with Crippen LogP contribution in [0.15, 0.2) is 28.8 Å². The molecule has 0 fully saturated rings. The van der Waals surface area contributed by atoms with E-state index in [1.165, 1.54) is 6.07 Å². The highest BCUT2D eigenvalue weighted by atomic mass is 19.1. The molecule has 0 saturated heterocycles. The Morgan fingerprint density at radius 3 is 2.95 bits per heavy atom. The highest BCUT2D eigenvalue weighted by Gasteiger charge is 2.13. The van der Waals surface area contributed by atoms with E-state index in [4.69, 9.17) is 9.63 Å². The van der Waals surface area contributed by atoms with Crippen LogP contribution < -0.4 is 5.32 Å². The van der Waals surface area contributed by atoms with Gasteiger partial charge in [-0.3, -0.25) is 10.1 Å². The first-order chi connectivity index (χ1) is 9.60. The fraction of sp³-hybridized carbons (Fsp3) is 0.143. The first-order valence-electron chi connectivity index (χ1n) is 5.74. The highest BCUT2D eigenvalue weighted by molar-refractivity contribution is 6.05. The van der Waals surface area contributed by atoms with Gasteiger partial charge in [0, 0.05) is 11.6 Å². The summed E-state index contributed by atoms with van der Waals surface area (Å²) in [5, 5.41) is 14.8. The summed E-state index contributed by atoms with van der Waals surface area (Å²) < 4.78 is 18.0. The second-order valence-electron chi connectivity index (χ2n) is 3.94. The van der Waals surface area contributed by atoms with E-state index in [1.54, 1.807) is 13.0 Å².